The van der Waals surface area contributed by atoms with Gasteiger partial charge in [-0.25, -0.2) is 0 Å². The van der Waals surface area contributed by atoms with Crippen LogP contribution in [0.5, 0.6) is 0 Å². The fourth-order valence-electron chi connectivity index (χ4n) is 2.09. The Labute approximate surface area is 132 Å². The highest BCUT2D eigenvalue weighted by Gasteiger charge is 2.24. The summed E-state index contributed by atoms with van der Waals surface area (Å²) in [5, 5.41) is 15.2. The van der Waals surface area contributed by atoms with Crippen LogP contribution in [0.25, 0.3) is 0 Å². The Bertz CT molecular complexity index is 486. The Morgan fingerprint density at radius 2 is 2.33 bits per heavy atom. The molecule has 8 heteroatoms. The van der Waals surface area contributed by atoms with Crippen molar-refractivity contribution in [1.29, 1.82) is 0 Å². The van der Waals surface area contributed by atoms with Crippen molar-refractivity contribution < 1.29 is 9.53 Å². The molecule has 21 heavy (non-hydrogen) atoms. The van der Waals surface area contributed by atoms with Gasteiger partial charge in [-0.05, 0) is 32.6 Å². The molecule has 6 nitrogen and oxygen atoms in total. The van der Waals surface area contributed by atoms with Crippen molar-refractivity contribution in [3.63, 3.8) is 0 Å². The SMILES string of the molecule is CC(Sc1nnc(NC2CC2)s1)C(=O)NCC1CCCO1. The summed E-state index contributed by atoms with van der Waals surface area (Å²) in [6.07, 6.45) is 4.73. The van der Waals surface area contributed by atoms with Crippen molar-refractivity contribution in [3.8, 4) is 0 Å². The molecule has 1 aromatic rings. The normalized spacial score (nSPS) is 23.0. The van der Waals surface area contributed by atoms with Gasteiger partial charge in [-0.1, -0.05) is 23.1 Å². The molecule has 2 N–H and O–H groups in total. The van der Waals surface area contributed by atoms with E-state index in [9.17, 15) is 4.79 Å². The van der Waals surface area contributed by atoms with Gasteiger partial charge in [0.2, 0.25) is 11.0 Å². The van der Waals surface area contributed by atoms with E-state index < -0.39 is 0 Å². The quantitative estimate of drug-likeness (QED) is 0.745. The van der Waals surface area contributed by atoms with Crippen molar-refractivity contribution in [1.82, 2.24) is 15.5 Å². The maximum absolute atomic E-state index is 12.1. The molecule has 2 fully saturated rings. The molecule has 1 aromatic heterocycles. The van der Waals surface area contributed by atoms with E-state index in [0.29, 0.717) is 12.6 Å². The molecule has 0 bridgehead atoms. The minimum Gasteiger partial charge on any atom is -0.376 e. The second kappa shape index (κ2) is 6.93. The Hall–Kier alpha value is -0.860. The van der Waals surface area contributed by atoms with Gasteiger partial charge < -0.3 is 15.4 Å². The third-order valence-corrected chi connectivity index (χ3v) is 5.52. The number of amides is 1. The Morgan fingerprint density at radius 3 is 3.05 bits per heavy atom. The molecule has 116 valence electrons. The number of anilines is 1. The zero-order valence-electron chi connectivity index (χ0n) is 12.0. The number of rotatable bonds is 7. The molecule has 2 heterocycles. The average Bonchev–Trinajstić information content (AvgIpc) is 2.96. The average molecular weight is 328 g/mol. The number of ether oxygens (including phenoxy) is 1. The maximum atomic E-state index is 12.1. The smallest absolute Gasteiger partial charge is 0.233 e. The topological polar surface area (TPSA) is 76.1 Å². The Kier molecular flexibility index (Phi) is 4.97. The Morgan fingerprint density at radius 1 is 1.48 bits per heavy atom. The fourth-order valence-corrected chi connectivity index (χ4v) is 4.08. The van der Waals surface area contributed by atoms with Gasteiger partial charge in [0.25, 0.3) is 0 Å². The predicted molar refractivity (Wildman–Crippen MR) is 83.9 cm³/mol. The van der Waals surface area contributed by atoms with Crippen LogP contribution >= 0.6 is 23.1 Å². The Balaban J connectivity index is 1.42. The molecule has 0 radical (unpaired) electrons. The van der Waals surface area contributed by atoms with Crippen molar-refractivity contribution in [2.45, 2.75) is 54.3 Å². The highest BCUT2D eigenvalue weighted by Crippen LogP contribution is 2.32. The van der Waals surface area contributed by atoms with Crippen molar-refractivity contribution >= 4 is 34.1 Å². The van der Waals surface area contributed by atoms with Crippen LogP contribution in [0, 0.1) is 0 Å². The lowest BCUT2D eigenvalue weighted by atomic mass is 10.2. The van der Waals surface area contributed by atoms with E-state index >= 15 is 0 Å². The molecule has 0 spiro atoms. The molecular weight excluding hydrogens is 308 g/mol. The third-order valence-electron chi connectivity index (χ3n) is 3.49. The van der Waals surface area contributed by atoms with Crippen LogP contribution in [-0.4, -0.2) is 46.7 Å². The van der Waals surface area contributed by atoms with Crippen LogP contribution < -0.4 is 10.6 Å². The lowest BCUT2D eigenvalue weighted by Gasteiger charge is -2.13. The second-order valence-electron chi connectivity index (χ2n) is 5.43. The highest BCUT2D eigenvalue weighted by atomic mass is 32.2. The zero-order chi connectivity index (χ0) is 14.7. The number of hydrogen-bond donors (Lipinski definition) is 2. The van der Waals surface area contributed by atoms with E-state index in [-0.39, 0.29) is 17.3 Å². The lowest BCUT2D eigenvalue weighted by Crippen LogP contribution is -2.36. The number of hydrogen-bond acceptors (Lipinski definition) is 7. The van der Waals surface area contributed by atoms with Gasteiger partial charge in [-0.3, -0.25) is 4.79 Å². The second-order valence-corrected chi connectivity index (χ2v) is 8.00. The van der Waals surface area contributed by atoms with Crippen LogP contribution in [-0.2, 0) is 9.53 Å². The molecule has 3 rings (SSSR count). The van der Waals surface area contributed by atoms with Crippen LogP contribution in [0.3, 0.4) is 0 Å². The van der Waals surface area contributed by atoms with E-state index in [4.69, 9.17) is 4.74 Å². The van der Waals surface area contributed by atoms with Gasteiger partial charge in [-0.15, -0.1) is 10.2 Å². The van der Waals surface area contributed by atoms with Gasteiger partial charge in [0.1, 0.15) is 0 Å². The highest BCUT2D eigenvalue weighted by molar-refractivity contribution is 8.02. The van der Waals surface area contributed by atoms with Crippen LogP contribution in [0.15, 0.2) is 4.34 Å². The summed E-state index contributed by atoms with van der Waals surface area (Å²) in [6.45, 7) is 3.31. The number of aromatic nitrogens is 2. The maximum Gasteiger partial charge on any atom is 0.233 e. The molecular formula is C13H20N4O2S2. The first-order chi connectivity index (χ1) is 10.2. The van der Waals surface area contributed by atoms with Gasteiger partial charge in [0, 0.05) is 19.2 Å². The summed E-state index contributed by atoms with van der Waals surface area (Å²) >= 11 is 2.97. The van der Waals surface area contributed by atoms with E-state index in [0.717, 1.165) is 28.9 Å². The summed E-state index contributed by atoms with van der Waals surface area (Å²) in [6, 6.07) is 0.572. The third kappa shape index (κ3) is 4.55. The monoisotopic (exact) mass is 328 g/mol. The summed E-state index contributed by atoms with van der Waals surface area (Å²) in [5.41, 5.74) is 0. The molecule has 2 unspecified atom stereocenters. The van der Waals surface area contributed by atoms with Gasteiger partial charge in [0.05, 0.1) is 11.4 Å². The molecule has 0 aromatic carbocycles. The summed E-state index contributed by atoms with van der Waals surface area (Å²) < 4.78 is 6.33. The first-order valence-electron chi connectivity index (χ1n) is 7.37. The van der Waals surface area contributed by atoms with Crippen molar-refractivity contribution in [2.75, 3.05) is 18.5 Å². The summed E-state index contributed by atoms with van der Waals surface area (Å²) in [4.78, 5) is 12.1. The van der Waals surface area contributed by atoms with Gasteiger partial charge in [0.15, 0.2) is 4.34 Å². The van der Waals surface area contributed by atoms with E-state index in [1.165, 1.54) is 35.9 Å². The van der Waals surface area contributed by atoms with Crippen LogP contribution in [0.2, 0.25) is 0 Å². The number of thioether (sulfide) groups is 1. The van der Waals surface area contributed by atoms with Crippen LogP contribution in [0.1, 0.15) is 32.6 Å². The van der Waals surface area contributed by atoms with E-state index in [2.05, 4.69) is 20.8 Å². The van der Waals surface area contributed by atoms with E-state index in [1.54, 1.807) is 0 Å². The molecule has 1 aliphatic heterocycles. The first-order valence-corrected chi connectivity index (χ1v) is 9.06. The molecule has 2 atom stereocenters. The molecule has 1 saturated heterocycles. The molecule has 1 amide bonds. The fraction of sp³-hybridized carbons (Fsp3) is 0.769. The van der Waals surface area contributed by atoms with Gasteiger partial charge >= 0.3 is 0 Å². The number of nitrogens with zero attached hydrogens (tertiary/aromatic N) is 2. The lowest BCUT2D eigenvalue weighted by molar-refractivity contribution is -0.120. The van der Waals surface area contributed by atoms with Gasteiger partial charge in [-0.2, -0.15) is 0 Å². The van der Waals surface area contributed by atoms with E-state index in [1.807, 2.05) is 6.92 Å². The van der Waals surface area contributed by atoms with Crippen LogP contribution in [0.4, 0.5) is 5.13 Å². The van der Waals surface area contributed by atoms with Crippen molar-refractivity contribution in [3.05, 3.63) is 0 Å². The zero-order valence-corrected chi connectivity index (χ0v) is 13.6. The minimum atomic E-state index is -0.173. The number of carbonyl (C=O) groups excluding carboxylic acids is 1. The predicted octanol–water partition coefficient (Wildman–Crippen LogP) is 1.89. The first kappa shape index (κ1) is 15.1. The molecule has 2 aliphatic rings. The summed E-state index contributed by atoms with van der Waals surface area (Å²) in [7, 11) is 0. The molecule has 1 aliphatic carbocycles. The number of carbonyl (C=O) groups is 1. The largest absolute Gasteiger partial charge is 0.376 e. The van der Waals surface area contributed by atoms with Crippen molar-refractivity contribution in [2.24, 2.45) is 0 Å². The number of nitrogens with one attached hydrogen (secondary N) is 2. The standard InChI is InChI=1S/C13H20N4O2S2/c1-8(11(18)14-7-10-3-2-6-19-10)20-13-17-16-12(21-13)15-9-4-5-9/h8-10H,2-7H2,1H3,(H,14,18)(H,15,16). The summed E-state index contributed by atoms with van der Waals surface area (Å²) in [5.74, 6) is 0.0300. The minimum absolute atomic E-state index is 0.0300. The molecule has 1 saturated carbocycles.